The zero-order chi connectivity index (χ0) is 18.5. The monoisotopic (exact) mass is 390 g/mol. The summed E-state index contributed by atoms with van der Waals surface area (Å²) in [5, 5.41) is 4.96. The van der Waals surface area contributed by atoms with Gasteiger partial charge in [0.1, 0.15) is 0 Å². The highest BCUT2D eigenvalue weighted by molar-refractivity contribution is 6.42. The maximum Gasteiger partial charge on any atom is 0.221 e. The number of carbonyl (C=O) groups is 1. The average molecular weight is 391 g/mol. The lowest BCUT2D eigenvalue weighted by atomic mass is 9.88. The van der Waals surface area contributed by atoms with E-state index in [1.165, 1.54) is 0 Å². The maximum absolute atomic E-state index is 12.4. The van der Waals surface area contributed by atoms with Crippen LogP contribution in [0.1, 0.15) is 23.5 Å². The van der Waals surface area contributed by atoms with Crippen molar-refractivity contribution in [2.24, 2.45) is 0 Å². The number of nitrogens with one attached hydrogen (secondary N) is 2. The van der Waals surface area contributed by atoms with E-state index in [-0.39, 0.29) is 11.8 Å². The van der Waals surface area contributed by atoms with Crippen LogP contribution in [0.5, 0.6) is 0 Å². The molecule has 0 radical (unpaired) electrons. The molecule has 3 aromatic rings. The van der Waals surface area contributed by atoms with E-state index < -0.39 is 0 Å². The molecule has 2 N–H and O–H groups in total. The second-order valence-corrected chi connectivity index (χ2v) is 6.88. The highest BCUT2D eigenvalue weighted by Gasteiger charge is 2.22. The normalized spacial score (nSPS) is 12.3. The molecule has 136 valence electrons. The number of methoxy groups -OCH3 is 1. The van der Waals surface area contributed by atoms with Crippen molar-refractivity contribution in [3.63, 3.8) is 0 Å². The summed E-state index contributed by atoms with van der Waals surface area (Å²) in [6.07, 6.45) is 2.27. The summed E-state index contributed by atoms with van der Waals surface area (Å²) in [6, 6.07) is 13.6. The Bertz CT molecular complexity index is 908. The lowest BCUT2D eigenvalue weighted by Crippen LogP contribution is -2.28. The summed E-state index contributed by atoms with van der Waals surface area (Å²) >= 11 is 12.3. The minimum Gasteiger partial charge on any atom is -0.383 e. The molecule has 0 aliphatic heterocycles. The molecule has 1 unspecified atom stereocenters. The Morgan fingerprint density at radius 1 is 1.19 bits per heavy atom. The number of H-pyrrole nitrogens is 1. The standard InChI is InChI=1S/C20H20Cl2N2O2/c1-26-9-8-23-20(25)11-15(13-6-7-17(21)18(22)10-13)16-12-24-19-5-3-2-4-14(16)19/h2-7,10,12,15,24H,8-9,11H2,1H3,(H,23,25). The molecule has 0 saturated carbocycles. The van der Waals surface area contributed by atoms with Gasteiger partial charge in [0, 0.05) is 43.1 Å². The Balaban J connectivity index is 1.96. The van der Waals surface area contributed by atoms with Gasteiger partial charge in [-0.2, -0.15) is 0 Å². The summed E-state index contributed by atoms with van der Waals surface area (Å²) in [6.45, 7) is 0.966. The van der Waals surface area contributed by atoms with Gasteiger partial charge >= 0.3 is 0 Å². The molecule has 0 bridgehead atoms. The predicted molar refractivity (Wildman–Crippen MR) is 106 cm³/mol. The van der Waals surface area contributed by atoms with Gasteiger partial charge in [-0.05, 0) is 29.3 Å². The minimum absolute atomic E-state index is 0.0385. The summed E-state index contributed by atoms with van der Waals surface area (Å²) < 4.78 is 4.99. The molecule has 1 heterocycles. The summed E-state index contributed by atoms with van der Waals surface area (Å²) in [5.41, 5.74) is 3.04. The van der Waals surface area contributed by atoms with Crippen LogP contribution in [0.2, 0.25) is 10.0 Å². The Kier molecular flexibility index (Phi) is 6.20. The van der Waals surface area contributed by atoms with E-state index >= 15 is 0 Å². The first-order valence-corrected chi connectivity index (χ1v) is 9.12. The molecular weight excluding hydrogens is 371 g/mol. The molecule has 0 aliphatic carbocycles. The van der Waals surface area contributed by atoms with E-state index in [4.69, 9.17) is 27.9 Å². The Morgan fingerprint density at radius 2 is 2.00 bits per heavy atom. The van der Waals surface area contributed by atoms with Gasteiger partial charge in [0.2, 0.25) is 5.91 Å². The van der Waals surface area contributed by atoms with Crippen molar-refractivity contribution in [1.29, 1.82) is 0 Å². The van der Waals surface area contributed by atoms with Crippen LogP contribution in [0.3, 0.4) is 0 Å². The van der Waals surface area contributed by atoms with Crippen LogP contribution in [0.25, 0.3) is 10.9 Å². The highest BCUT2D eigenvalue weighted by Crippen LogP contribution is 2.35. The molecule has 26 heavy (non-hydrogen) atoms. The SMILES string of the molecule is COCCNC(=O)CC(c1ccc(Cl)c(Cl)c1)c1c[nH]c2ccccc12. The van der Waals surface area contributed by atoms with Crippen molar-refractivity contribution in [2.45, 2.75) is 12.3 Å². The summed E-state index contributed by atoms with van der Waals surface area (Å²) in [4.78, 5) is 15.7. The molecule has 0 fully saturated rings. The Labute approximate surface area is 162 Å². The number of carbonyl (C=O) groups excluding carboxylic acids is 1. The number of aromatic nitrogens is 1. The molecule has 3 rings (SSSR count). The zero-order valence-corrected chi connectivity index (χ0v) is 15.9. The van der Waals surface area contributed by atoms with E-state index in [0.29, 0.717) is 29.6 Å². The lowest BCUT2D eigenvalue weighted by molar-refractivity contribution is -0.121. The molecule has 1 amide bonds. The quantitative estimate of drug-likeness (QED) is 0.571. The van der Waals surface area contributed by atoms with Gasteiger partial charge in [0.05, 0.1) is 16.7 Å². The molecule has 1 atom stereocenters. The van der Waals surface area contributed by atoms with Crippen molar-refractivity contribution in [1.82, 2.24) is 10.3 Å². The molecular formula is C20H20Cl2N2O2. The number of hydrogen-bond donors (Lipinski definition) is 2. The van der Waals surface area contributed by atoms with Crippen molar-refractivity contribution < 1.29 is 9.53 Å². The minimum atomic E-state index is -0.136. The topological polar surface area (TPSA) is 54.1 Å². The molecule has 0 aliphatic rings. The highest BCUT2D eigenvalue weighted by atomic mass is 35.5. The largest absolute Gasteiger partial charge is 0.383 e. The fourth-order valence-electron chi connectivity index (χ4n) is 3.07. The second-order valence-electron chi connectivity index (χ2n) is 6.06. The fourth-order valence-corrected chi connectivity index (χ4v) is 3.38. The van der Waals surface area contributed by atoms with Crippen LogP contribution >= 0.6 is 23.2 Å². The molecule has 2 aromatic carbocycles. The maximum atomic E-state index is 12.4. The molecule has 1 aromatic heterocycles. The second kappa shape index (κ2) is 8.58. The van der Waals surface area contributed by atoms with Gasteiger partial charge in [-0.15, -0.1) is 0 Å². The first kappa shape index (κ1) is 18.8. The number of fused-ring (bicyclic) bond motifs is 1. The number of halogens is 2. The Hall–Kier alpha value is -2.01. The zero-order valence-electron chi connectivity index (χ0n) is 14.4. The van der Waals surface area contributed by atoms with Crippen molar-refractivity contribution >= 4 is 40.0 Å². The van der Waals surface area contributed by atoms with Gasteiger partial charge in [0.15, 0.2) is 0 Å². The number of benzene rings is 2. The third-order valence-electron chi connectivity index (χ3n) is 4.36. The number of hydrogen-bond acceptors (Lipinski definition) is 2. The third kappa shape index (κ3) is 4.21. The van der Waals surface area contributed by atoms with Crippen LogP contribution in [0.15, 0.2) is 48.7 Å². The summed E-state index contributed by atoms with van der Waals surface area (Å²) in [7, 11) is 1.61. The van der Waals surface area contributed by atoms with E-state index in [1.807, 2.05) is 36.5 Å². The van der Waals surface area contributed by atoms with Gasteiger partial charge in [-0.1, -0.05) is 47.5 Å². The first-order chi connectivity index (χ1) is 12.6. The number of ether oxygens (including phenoxy) is 1. The smallest absolute Gasteiger partial charge is 0.221 e. The van der Waals surface area contributed by atoms with Crippen LogP contribution in [-0.2, 0) is 9.53 Å². The number of amides is 1. The number of para-hydroxylation sites is 1. The van der Waals surface area contributed by atoms with E-state index in [0.717, 1.165) is 22.0 Å². The summed E-state index contributed by atoms with van der Waals surface area (Å²) in [5.74, 6) is -0.174. The van der Waals surface area contributed by atoms with Crippen LogP contribution in [0.4, 0.5) is 0 Å². The average Bonchev–Trinajstić information content (AvgIpc) is 3.06. The fraction of sp³-hybridized carbons (Fsp3) is 0.250. The molecule has 4 nitrogen and oxygen atoms in total. The van der Waals surface area contributed by atoms with Crippen molar-refractivity contribution in [3.05, 3.63) is 69.8 Å². The van der Waals surface area contributed by atoms with Crippen molar-refractivity contribution in [2.75, 3.05) is 20.3 Å². The van der Waals surface area contributed by atoms with Gasteiger partial charge in [-0.3, -0.25) is 4.79 Å². The predicted octanol–water partition coefficient (Wildman–Crippen LogP) is 4.76. The Morgan fingerprint density at radius 3 is 2.77 bits per heavy atom. The van der Waals surface area contributed by atoms with E-state index in [1.54, 1.807) is 13.2 Å². The van der Waals surface area contributed by atoms with Crippen LogP contribution in [0, 0.1) is 0 Å². The van der Waals surface area contributed by atoms with E-state index in [2.05, 4.69) is 16.4 Å². The number of aromatic amines is 1. The molecule has 0 spiro atoms. The van der Waals surface area contributed by atoms with E-state index in [9.17, 15) is 4.79 Å². The lowest BCUT2D eigenvalue weighted by Gasteiger charge is -2.18. The molecule has 6 heteroatoms. The van der Waals surface area contributed by atoms with Gasteiger partial charge < -0.3 is 15.0 Å². The van der Waals surface area contributed by atoms with Crippen LogP contribution in [-0.4, -0.2) is 31.2 Å². The first-order valence-electron chi connectivity index (χ1n) is 8.36. The van der Waals surface area contributed by atoms with Crippen molar-refractivity contribution in [3.8, 4) is 0 Å². The number of rotatable bonds is 7. The van der Waals surface area contributed by atoms with Gasteiger partial charge in [-0.25, -0.2) is 0 Å². The third-order valence-corrected chi connectivity index (χ3v) is 5.10. The van der Waals surface area contributed by atoms with Gasteiger partial charge in [0.25, 0.3) is 0 Å². The van der Waals surface area contributed by atoms with Crippen LogP contribution < -0.4 is 5.32 Å². The molecule has 0 saturated heterocycles.